The van der Waals surface area contributed by atoms with Crippen LogP contribution in [0.2, 0.25) is 0 Å². The molecule has 88 valence electrons. The van der Waals surface area contributed by atoms with Gasteiger partial charge in [-0.25, -0.2) is 4.39 Å². The molecule has 1 aromatic rings. The van der Waals surface area contributed by atoms with Crippen molar-refractivity contribution in [1.82, 2.24) is 0 Å². The lowest BCUT2D eigenvalue weighted by Gasteiger charge is -2.10. The van der Waals surface area contributed by atoms with E-state index < -0.39 is 11.9 Å². The molecule has 1 N–H and O–H groups in total. The lowest BCUT2D eigenvalue weighted by molar-refractivity contribution is -0.127. The molecule has 1 unspecified atom stereocenters. The molecule has 0 spiro atoms. The largest absolute Gasteiger partial charge is 0.491 e. The zero-order chi connectivity index (χ0) is 12.1. The van der Waals surface area contributed by atoms with Gasteiger partial charge < -0.3 is 9.84 Å². The maximum Gasteiger partial charge on any atom is 0.165 e. The van der Waals surface area contributed by atoms with E-state index in [4.69, 9.17) is 4.74 Å². The Balaban J connectivity index is 2.92. The molecule has 0 saturated heterocycles. The Morgan fingerprint density at radius 1 is 1.50 bits per heavy atom. The third kappa shape index (κ3) is 2.79. The van der Waals surface area contributed by atoms with Gasteiger partial charge in [0, 0.05) is 6.42 Å². The second-order valence-electron chi connectivity index (χ2n) is 3.35. The third-order valence-corrected chi connectivity index (χ3v) is 2.22. The molecule has 0 radical (unpaired) electrons. The summed E-state index contributed by atoms with van der Waals surface area (Å²) < 4.78 is 18.4. The van der Waals surface area contributed by atoms with E-state index in [9.17, 15) is 14.3 Å². The van der Waals surface area contributed by atoms with E-state index in [1.807, 2.05) is 0 Å². The number of ether oxygens (including phenoxy) is 1. The Hall–Kier alpha value is -1.42. The maximum atomic E-state index is 13.4. The summed E-state index contributed by atoms with van der Waals surface area (Å²) in [5, 5.41) is 9.58. The first-order chi connectivity index (χ1) is 7.60. The van der Waals surface area contributed by atoms with Crippen LogP contribution in [0.3, 0.4) is 0 Å². The Kier molecular flexibility index (Phi) is 4.43. The van der Waals surface area contributed by atoms with Crippen LogP contribution < -0.4 is 4.74 Å². The fraction of sp³-hybridized carbons (Fsp3) is 0.417. The van der Waals surface area contributed by atoms with Crippen molar-refractivity contribution in [2.75, 3.05) is 6.61 Å². The summed E-state index contributed by atoms with van der Waals surface area (Å²) >= 11 is 0. The number of ketones is 1. The maximum absolute atomic E-state index is 13.4. The highest BCUT2D eigenvalue weighted by Crippen LogP contribution is 2.23. The molecule has 0 aromatic heterocycles. The van der Waals surface area contributed by atoms with Gasteiger partial charge in [0.05, 0.1) is 6.61 Å². The molecule has 1 aromatic carbocycles. The van der Waals surface area contributed by atoms with Crippen LogP contribution in [0.25, 0.3) is 0 Å². The van der Waals surface area contributed by atoms with Crippen molar-refractivity contribution in [3.63, 3.8) is 0 Å². The molecule has 3 nitrogen and oxygen atoms in total. The summed E-state index contributed by atoms with van der Waals surface area (Å²) in [6.07, 6.45) is -1.04. The molecule has 0 bridgehead atoms. The van der Waals surface area contributed by atoms with E-state index in [2.05, 4.69) is 0 Å². The Bertz CT molecular complexity index is 377. The van der Waals surface area contributed by atoms with Crippen LogP contribution in [0.15, 0.2) is 18.2 Å². The second-order valence-corrected chi connectivity index (χ2v) is 3.35. The highest BCUT2D eigenvalue weighted by atomic mass is 19.1. The first kappa shape index (κ1) is 12.6. The molecule has 0 aliphatic heterocycles. The summed E-state index contributed by atoms with van der Waals surface area (Å²) in [5.74, 6) is -0.770. The van der Waals surface area contributed by atoms with Crippen LogP contribution in [0.4, 0.5) is 4.39 Å². The minimum atomic E-state index is -1.25. The van der Waals surface area contributed by atoms with E-state index in [-0.39, 0.29) is 23.5 Å². The molecule has 0 aliphatic rings. The smallest absolute Gasteiger partial charge is 0.165 e. The van der Waals surface area contributed by atoms with E-state index in [1.54, 1.807) is 13.8 Å². The third-order valence-electron chi connectivity index (χ3n) is 2.22. The van der Waals surface area contributed by atoms with Gasteiger partial charge in [-0.1, -0.05) is 13.0 Å². The fourth-order valence-electron chi connectivity index (χ4n) is 1.34. The minimum absolute atomic E-state index is 0.127. The van der Waals surface area contributed by atoms with Gasteiger partial charge >= 0.3 is 0 Å². The minimum Gasteiger partial charge on any atom is -0.491 e. The van der Waals surface area contributed by atoms with Crippen LogP contribution >= 0.6 is 0 Å². The first-order valence-corrected chi connectivity index (χ1v) is 5.23. The summed E-state index contributed by atoms with van der Waals surface area (Å²) in [6, 6.07) is 4.04. The Morgan fingerprint density at radius 3 is 2.69 bits per heavy atom. The molecule has 0 saturated carbocycles. The molecular weight excluding hydrogens is 211 g/mol. The first-order valence-electron chi connectivity index (χ1n) is 5.23. The van der Waals surface area contributed by atoms with Crippen LogP contribution in [0, 0.1) is 5.82 Å². The zero-order valence-electron chi connectivity index (χ0n) is 9.37. The van der Waals surface area contributed by atoms with E-state index in [0.29, 0.717) is 6.61 Å². The van der Waals surface area contributed by atoms with Gasteiger partial charge in [-0.05, 0) is 24.6 Å². The summed E-state index contributed by atoms with van der Waals surface area (Å²) in [4.78, 5) is 11.2. The SMILES string of the molecule is CCOc1ccc(C(O)C(=O)CC)cc1F. The second kappa shape index (κ2) is 5.61. The number of aliphatic hydroxyl groups excluding tert-OH is 1. The molecular formula is C12H15FO3. The van der Waals surface area contributed by atoms with Crippen LogP contribution in [-0.2, 0) is 4.79 Å². The van der Waals surface area contributed by atoms with Gasteiger partial charge in [-0.3, -0.25) is 4.79 Å². The van der Waals surface area contributed by atoms with Crippen molar-refractivity contribution >= 4 is 5.78 Å². The van der Waals surface area contributed by atoms with E-state index in [0.717, 1.165) is 6.07 Å². The number of hydrogen-bond acceptors (Lipinski definition) is 3. The fourth-order valence-corrected chi connectivity index (χ4v) is 1.34. The van der Waals surface area contributed by atoms with Gasteiger partial charge in [-0.2, -0.15) is 0 Å². The number of rotatable bonds is 5. The summed E-state index contributed by atoms with van der Waals surface area (Å²) in [7, 11) is 0. The lowest BCUT2D eigenvalue weighted by Crippen LogP contribution is -2.10. The standard InChI is InChI=1S/C12H15FO3/c1-3-10(14)12(15)8-5-6-11(16-4-2)9(13)7-8/h5-7,12,15H,3-4H2,1-2H3. The number of hydrogen-bond donors (Lipinski definition) is 1. The van der Waals surface area contributed by atoms with Gasteiger partial charge in [0.25, 0.3) is 0 Å². The summed E-state index contributed by atoms with van der Waals surface area (Å²) in [6.45, 7) is 3.77. The predicted molar refractivity (Wildman–Crippen MR) is 57.8 cm³/mol. The van der Waals surface area contributed by atoms with E-state index >= 15 is 0 Å². The van der Waals surface area contributed by atoms with Crippen molar-refractivity contribution in [3.05, 3.63) is 29.6 Å². The molecule has 16 heavy (non-hydrogen) atoms. The number of halogens is 1. The highest BCUT2D eigenvalue weighted by molar-refractivity contribution is 5.83. The van der Waals surface area contributed by atoms with Gasteiger partial charge in [0.1, 0.15) is 6.10 Å². The lowest BCUT2D eigenvalue weighted by atomic mass is 10.0. The molecule has 0 heterocycles. The van der Waals surface area contributed by atoms with Crippen LogP contribution in [0.5, 0.6) is 5.75 Å². The molecule has 1 rings (SSSR count). The monoisotopic (exact) mass is 226 g/mol. The van der Waals surface area contributed by atoms with Crippen molar-refractivity contribution in [1.29, 1.82) is 0 Å². The molecule has 0 amide bonds. The van der Waals surface area contributed by atoms with Gasteiger partial charge in [-0.15, -0.1) is 0 Å². The average molecular weight is 226 g/mol. The molecule has 4 heteroatoms. The van der Waals surface area contributed by atoms with Crippen molar-refractivity contribution in [2.45, 2.75) is 26.4 Å². The van der Waals surface area contributed by atoms with Crippen molar-refractivity contribution < 1.29 is 19.0 Å². The van der Waals surface area contributed by atoms with Crippen LogP contribution in [0.1, 0.15) is 31.9 Å². The zero-order valence-corrected chi connectivity index (χ0v) is 9.37. The van der Waals surface area contributed by atoms with E-state index in [1.165, 1.54) is 12.1 Å². The highest BCUT2D eigenvalue weighted by Gasteiger charge is 2.17. The quantitative estimate of drug-likeness (QED) is 0.837. The Labute approximate surface area is 93.9 Å². The Morgan fingerprint density at radius 2 is 2.19 bits per heavy atom. The predicted octanol–water partition coefficient (Wildman–Crippen LogP) is 2.24. The number of aliphatic hydroxyl groups is 1. The normalized spacial score (nSPS) is 12.2. The van der Waals surface area contributed by atoms with Crippen molar-refractivity contribution in [2.24, 2.45) is 0 Å². The number of Topliss-reactive ketones (excluding diaryl/α,β-unsaturated/α-hetero) is 1. The van der Waals surface area contributed by atoms with Gasteiger partial charge in [0.15, 0.2) is 17.3 Å². The topological polar surface area (TPSA) is 46.5 Å². The summed E-state index contributed by atoms with van der Waals surface area (Å²) in [5.41, 5.74) is 0.257. The number of carbonyl (C=O) groups excluding carboxylic acids is 1. The van der Waals surface area contributed by atoms with Gasteiger partial charge in [0.2, 0.25) is 0 Å². The number of carbonyl (C=O) groups is 1. The average Bonchev–Trinajstić information content (AvgIpc) is 2.30. The number of benzene rings is 1. The van der Waals surface area contributed by atoms with Crippen molar-refractivity contribution in [3.8, 4) is 5.75 Å². The molecule has 0 fully saturated rings. The molecule has 0 aliphatic carbocycles. The van der Waals surface area contributed by atoms with Crippen LogP contribution in [-0.4, -0.2) is 17.5 Å². The molecule has 1 atom stereocenters.